The molecule has 0 saturated heterocycles. The van der Waals surface area contributed by atoms with Crippen LogP contribution in [-0.2, 0) is 4.79 Å². The largest absolute Gasteiger partial charge is 0.295 e. The van der Waals surface area contributed by atoms with Gasteiger partial charge in [0.15, 0.2) is 5.78 Å². The molecule has 0 bridgehead atoms. The summed E-state index contributed by atoms with van der Waals surface area (Å²) >= 11 is 0. The van der Waals surface area contributed by atoms with E-state index in [0.717, 1.165) is 16.5 Å². The summed E-state index contributed by atoms with van der Waals surface area (Å²) in [4.78, 5) is 15.1. The number of hydrogen-bond donors (Lipinski definition) is 0. The van der Waals surface area contributed by atoms with Crippen LogP contribution in [-0.4, -0.2) is 10.8 Å². The lowest BCUT2D eigenvalue weighted by Gasteiger charge is -1.97. The molecule has 0 radical (unpaired) electrons. The third-order valence-corrected chi connectivity index (χ3v) is 2.12. The number of fused-ring (bicyclic) bond motifs is 1. The average Bonchev–Trinajstić information content (AvgIpc) is 2.26. The van der Waals surface area contributed by atoms with E-state index >= 15 is 0 Å². The molecule has 0 amide bonds. The van der Waals surface area contributed by atoms with Gasteiger partial charge in [0.25, 0.3) is 0 Å². The lowest BCUT2D eigenvalue weighted by molar-refractivity contribution is -0.112. The number of para-hydroxylation sites is 1. The minimum atomic E-state index is 0.0446. The van der Waals surface area contributed by atoms with Crippen molar-refractivity contribution in [1.82, 2.24) is 4.98 Å². The van der Waals surface area contributed by atoms with Crippen molar-refractivity contribution in [2.24, 2.45) is 0 Å². The average molecular weight is 197 g/mol. The fraction of sp³-hybridized carbons (Fsp3) is 0.0769. The summed E-state index contributed by atoms with van der Waals surface area (Å²) in [7, 11) is 0. The first-order chi connectivity index (χ1) is 7.25. The van der Waals surface area contributed by atoms with Crippen molar-refractivity contribution in [2.45, 2.75) is 6.92 Å². The normalized spacial score (nSPS) is 11.0. The Bertz CT molecular complexity index is 529. The lowest BCUT2D eigenvalue weighted by Crippen LogP contribution is -1.83. The molecule has 0 atom stereocenters. The minimum Gasteiger partial charge on any atom is -0.295 e. The van der Waals surface area contributed by atoms with E-state index in [1.165, 1.54) is 6.92 Å². The van der Waals surface area contributed by atoms with Gasteiger partial charge < -0.3 is 0 Å². The van der Waals surface area contributed by atoms with E-state index in [2.05, 4.69) is 4.98 Å². The van der Waals surface area contributed by atoms with Crippen molar-refractivity contribution in [1.29, 1.82) is 0 Å². The van der Waals surface area contributed by atoms with E-state index in [1.807, 2.05) is 30.3 Å². The second-order valence-electron chi connectivity index (χ2n) is 3.41. The van der Waals surface area contributed by atoms with E-state index in [-0.39, 0.29) is 5.78 Å². The first kappa shape index (κ1) is 9.59. The zero-order valence-corrected chi connectivity index (χ0v) is 8.47. The van der Waals surface area contributed by atoms with Gasteiger partial charge >= 0.3 is 0 Å². The molecule has 0 unspecified atom stereocenters. The van der Waals surface area contributed by atoms with Crippen LogP contribution in [0.4, 0.5) is 0 Å². The van der Waals surface area contributed by atoms with Crippen molar-refractivity contribution in [3.63, 3.8) is 0 Å². The van der Waals surface area contributed by atoms with E-state index in [9.17, 15) is 4.79 Å². The van der Waals surface area contributed by atoms with Crippen molar-refractivity contribution < 1.29 is 4.79 Å². The van der Waals surface area contributed by atoms with E-state index in [0.29, 0.717) is 0 Å². The second kappa shape index (κ2) is 4.05. The van der Waals surface area contributed by atoms with Gasteiger partial charge in [-0.2, -0.15) is 0 Å². The maximum atomic E-state index is 10.8. The smallest absolute Gasteiger partial charge is 0.152 e. The number of ketones is 1. The maximum Gasteiger partial charge on any atom is 0.152 e. The summed E-state index contributed by atoms with van der Waals surface area (Å²) in [6, 6.07) is 9.92. The number of rotatable bonds is 2. The summed E-state index contributed by atoms with van der Waals surface area (Å²) < 4.78 is 0. The highest BCUT2D eigenvalue weighted by Gasteiger charge is 1.94. The highest BCUT2D eigenvalue weighted by atomic mass is 16.1. The second-order valence-corrected chi connectivity index (χ2v) is 3.41. The molecule has 0 spiro atoms. The van der Waals surface area contributed by atoms with Crippen LogP contribution in [0, 0.1) is 0 Å². The van der Waals surface area contributed by atoms with E-state index < -0.39 is 0 Å². The number of aromatic nitrogens is 1. The summed E-state index contributed by atoms with van der Waals surface area (Å²) in [5.41, 5.74) is 1.92. The first-order valence-electron chi connectivity index (χ1n) is 4.79. The molecular weight excluding hydrogens is 186 g/mol. The summed E-state index contributed by atoms with van der Waals surface area (Å²) in [6.45, 7) is 1.53. The fourth-order valence-corrected chi connectivity index (χ4v) is 1.39. The maximum absolute atomic E-state index is 10.8. The molecule has 0 aliphatic heterocycles. The first-order valence-corrected chi connectivity index (χ1v) is 4.79. The van der Waals surface area contributed by atoms with Gasteiger partial charge in [-0.05, 0) is 36.8 Å². The Morgan fingerprint density at radius 1 is 1.33 bits per heavy atom. The Balaban J connectivity index is 2.43. The number of carbonyl (C=O) groups excluding carboxylic acids is 1. The molecule has 15 heavy (non-hydrogen) atoms. The van der Waals surface area contributed by atoms with Crippen molar-refractivity contribution in [3.8, 4) is 0 Å². The van der Waals surface area contributed by atoms with Crippen LogP contribution < -0.4 is 0 Å². The van der Waals surface area contributed by atoms with Gasteiger partial charge in [0, 0.05) is 11.6 Å². The van der Waals surface area contributed by atoms with Gasteiger partial charge in [0.1, 0.15) is 0 Å². The SMILES string of the molecule is CC(=O)/C=C/c1cnc2ccccc2c1. The van der Waals surface area contributed by atoms with Crippen molar-refractivity contribution in [2.75, 3.05) is 0 Å². The Kier molecular flexibility index (Phi) is 2.59. The Morgan fingerprint density at radius 3 is 2.93 bits per heavy atom. The standard InChI is InChI=1S/C13H11NO/c1-10(15)6-7-11-8-12-4-2-3-5-13(12)14-9-11/h2-9H,1H3/b7-6+. The van der Waals surface area contributed by atoms with E-state index in [4.69, 9.17) is 0 Å². The molecule has 2 aromatic rings. The molecule has 0 fully saturated rings. The number of benzene rings is 1. The Morgan fingerprint density at radius 2 is 2.13 bits per heavy atom. The van der Waals surface area contributed by atoms with Crippen LogP contribution in [0.2, 0.25) is 0 Å². The molecular formula is C13H11NO. The number of nitrogens with zero attached hydrogens (tertiary/aromatic N) is 1. The molecule has 0 N–H and O–H groups in total. The van der Waals surface area contributed by atoms with Gasteiger partial charge in [-0.25, -0.2) is 0 Å². The molecule has 2 rings (SSSR count). The van der Waals surface area contributed by atoms with Crippen molar-refractivity contribution in [3.05, 3.63) is 48.2 Å². The molecule has 74 valence electrons. The summed E-state index contributed by atoms with van der Waals surface area (Å²) in [5.74, 6) is 0.0446. The van der Waals surface area contributed by atoms with Crippen LogP contribution in [0.5, 0.6) is 0 Å². The van der Waals surface area contributed by atoms with Crippen LogP contribution in [0.1, 0.15) is 12.5 Å². The highest BCUT2D eigenvalue weighted by molar-refractivity contribution is 5.92. The van der Waals surface area contributed by atoms with Crippen LogP contribution >= 0.6 is 0 Å². The zero-order chi connectivity index (χ0) is 10.7. The van der Waals surface area contributed by atoms with Crippen LogP contribution in [0.15, 0.2) is 42.6 Å². The van der Waals surface area contributed by atoms with Crippen LogP contribution in [0.3, 0.4) is 0 Å². The monoisotopic (exact) mass is 197 g/mol. The number of pyridine rings is 1. The molecule has 0 saturated carbocycles. The van der Waals surface area contributed by atoms with Gasteiger partial charge in [0.05, 0.1) is 5.52 Å². The van der Waals surface area contributed by atoms with Gasteiger partial charge in [0.2, 0.25) is 0 Å². The minimum absolute atomic E-state index is 0.0446. The number of hydrogen-bond acceptors (Lipinski definition) is 2. The van der Waals surface area contributed by atoms with Crippen molar-refractivity contribution >= 4 is 22.8 Å². The number of allylic oxidation sites excluding steroid dienone is 1. The summed E-state index contributed by atoms with van der Waals surface area (Å²) in [5, 5.41) is 1.09. The highest BCUT2D eigenvalue weighted by Crippen LogP contribution is 2.13. The number of carbonyl (C=O) groups is 1. The molecule has 1 aromatic heterocycles. The molecule has 2 nitrogen and oxygen atoms in total. The van der Waals surface area contributed by atoms with Crippen LogP contribution in [0.25, 0.3) is 17.0 Å². The van der Waals surface area contributed by atoms with Gasteiger partial charge in [-0.1, -0.05) is 18.2 Å². The zero-order valence-electron chi connectivity index (χ0n) is 8.47. The third kappa shape index (κ3) is 2.29. The lowest BCUT2D eigenvalue weighted by atomic mass is 10.1. The summed E-state index contributed by atoms with van der Waals surface area (Å²) in [6.07, 6.45) is 5.09. The topological polar surface area (TPSA) is 30.0 Å². The predicted octanol–water partition coefficient (Wildman–Crippen LogP) is 2.84. The Hall–Kier alpha value is -1.96. The molecule has 0 aliphatic rings. The molecule has 2 heteroatoms. The quantitative estimate of drug-likeness (QED) is 0.693. The van der Waals surface area contributed by atoms with Gasteiger partial charge in [-0.3, -0.25) is 9.78 Å². The van der Waals surface area contributed by atoms with E-state index in [1.54, 1.807) is 18.3 Å². The third-order valence-electron chi connectivity index (χ3n) is 2.12. The predicted molar refractivity (Wildman–Crippen MR) is 61.5 cm³/mol. The Labute approximate surface area is 88.3 Å². The van der Waals surface area contributed by atoms with Gasteiger partial charge in [-0.15, -0.1) is 0 Å². The molecule has 0 aliphatic carbocycles. The fourth-order valence-electron chi connectivity index (χ4n) is 1.39. The molecule has 1 aromatic carbocycles. The molecule has 1 heterocycles.